The van der Waals surface area contributed by atoms with Crippen molar-refractivity contribution >= 4 is 43.3 Å². The zero-order chi connectivity index (χ0) is 12.3. The van der Waals surface area contributed by atoms with Crippen molar-refractivity contribution in [3.8, 4) is 0 Å². The summed E-state index contributed by atoms with van der Waals surface area (Å²) >= 11 is 3.87. The summed E-state index contributed by atoms with van der Waals surface area (Å²) < 4.78 is 26.1. The first-order valence-corrected chi connectivity index (χ1v) is 7.14. The monoisotopic (exact) mass is 325 g/mol. The number of sulfonamides is 1. The van der Waals surface area contributed by atoms with Gasteiger partial charge in [0.25, 0.3) is 0 Å². The first-order valence-electron chi connectivity index (χ1n) is 3.98. The van der Waals surface area contributed by atoms with Gasteiger partial charge in [0, 0.05) is 11.0 Å². The molecule has 1 rings (SSSR count). The molecular weight excluding hydrogens is 318 g/mol. The summed E-state index contributed by atoms with van der Waals surface area (Å²) in [5, 5.41) is 10.2. The van der Waals surface area contributed by atoms with Crippen LogP contribution in [0.25, 0.3) is 0 Å². The number of rotatable bonds is 5. The lowest BCUT2D eigenvalue weighted by atomic mass is 10.5. The predicted octanol–water partition coefficient (Wildman–Crippen LogP) is 1.63. The van der Waals surface area contributed by atoms with E-state index < -0.39 is 16.0 Å². The van der Waals surface area contributed by atoms with Crippen molar-refractivity contribution in [2.45, 2.75) is 4.90 Å². The summed E-state index contributed by atoms with van der Waals surface area (Å²) in [6.07, 6.45) is 0. The smallest absolute Gasteiger partial charge is 0.347 e. The van der Waals surface area contributed by atoms with Crippen LogP contribution in [-0.4, -0.2) is 26.0 Å². The van der Waals surface area contributed by atoms with Crippen molar-refractivity contribution in [3.63, 3.8) is 0 Å². The average molecular weight is 326 g/mol. The van der Waals surface area contributed by atoms with E-state index in [-0.39, 0.29) is 16.3 Å². The Morgan fingerprint density at radius 2 is 2.25 bits per heavy atom. The van der Waals surface area contributed by atoms with Crippen LogP contribution in [0.2, 0.25) is 0 Å². The molecule has 0 saturated carbocycles. The molecule has 0 bridgehead atoms. The normalized spacial score (nSPS) is 11.3. The second-order valence-electron chi connectivity index (χ2n) is 2.76. The topological polar surface area (TPSA) is 83.5 Å². The number of thiophene rings is 1. The van der Waals surface area contributed by atoms with Crippen LogP contribution in [0.1, 0.15) is 9.67 Å². The lowest BCUT2D eigenvalue weighted by Gasteiger charge is -2.04. The molecule has 0 aromatic carbocycles. The van der Waals surface area contributed by atoms with Gasteiger partial charge in [-0.1, -0.05) is 22.5 Å². The van der Waals surface area contributed by atoms with E-state index in [0.29, 0.717) is 4.48 Å². The zero-order valence-electron chi connectivity index (χ0n) is 7.94. The van der Waals surface area contributed by atoms with Crippen LogP contribution >= 0.6 is 27.3 Å². The van der Waals surface area contributed by atoms with Gasteiger partial charge in [-0.2, -0.15) is 0 Å². The van der Waals surface area contributed by atoms with Gasteiger partial charge < -0.3 is 5.11 Å². The fourth-order valence-electron chi connectivity index (χ4n) is 0.916. The van der Waals surface area contributed by atoms with Gasteiger partial charge in [-0.25, -0.2) is 17.9 Å². The number of carboxylic acid groups (broad SMARTS) is 1. The van der Waals surface area contributed by atoms with Crippen LogP contribution in [0.15, 0.2) is 27.4 Å². The van der Waals surface area contributed by atoms with Crippen LogP contribution in [0.5, 0.6) is 0 Å². The zero-order valence-corrected chi connectivity index (χ0v) is 11.2. The largest absolute Gasteiger partial charge is 0.477 e. The molecule has 0 aliphatic carbocycles. The van der Waals surface area contributed by atoms with Crippen LogP contribution < -0.4 is 4.72 Å². The lowest BCUT2D eigenvalue weighted by Crippen LogP contribution is -2.25. The maximum absolute atomic E-state index is 11.7. The van der Waals surface area contributed by atoms with Crippen molar-refractivity contribution in [1.29, 1.82) is 0 Å². The molecule has 16 heavy (non-hydrogen) atoms. The Morgan fingerprint density at radius 3 is 2.75 bits per heavy atom. The second kappa shape index (κ2) is 5.09. The summed E-state index contributed by atoms with van der Waals surface area (Å²) in [5.74, 6) is -1.26. The van der Waals surface area contributed by atoms with E-state index in [4.69, 9.17) is 5.11 Å². The number of halogens is 1. The fourth-order valence-corrected chi connectivity index (χ4v) is 3.53. The van der Waals surface area contributed by atoms with E-state index in [1.807, 2.05) is 0 Å². The van der Waals surface area contributed by atoms with E-state index in [2.05, 4.69) is 27.2 Å². The van der Waals surface area contributed by atoms with Crippen LogP contribution in [0.4, 0.5) is 0 Å². The molecule has 1 aromatic rings. The van der Waals surface area contributed by atoms with Gasteiger partial charge in [-0.15, -0.1) is 11.3 Å². The first-order chi connectivity index (χ1) is 7.34. The maximum Gasteiger partial charge on any atom is 0.347 e. The van der Waals surface area contributed by atoms with Gasteiger partial charge in [0.15, 0.2) is 0 Å². The quantitative estimate of drug-likeness (QED) is 0.861. The molecule has 0 spiro atoms. The van der Waals surface area contributed by atoms with Crippen LogP contribution in [0.3, 0.4) is 0 Å². The van der Waals surface area contributed by atoms with E-state index in [1.165, 1.54) is 11.4 Å². The summed E-state index contributed by atoms with van der Waals surface area (Å²) in [6, 6.07) is 1.26. The minimum atomic E-state index is -3.80. The Bertz CT molecular complexity index is 520. The Labute approximate surface area is 105 Å². The molecule has 8 heteroatoms. The van der Waals surface area contributed by atoms with Crippen LogP contribution in [-0.2, 0) is 10.0 Å². The fraction of sp³-hybridized carbons (Fsp3) is 0.125. The Morgan fingerprint density at radius 1 is 1.62 bits per heavy atom. The highest BCUT2D eigenvalue weighted by Crippen LogP contribution is 2.21. The SMILES string of the molecule is C=C(Br)CNS(=O)(=O)c1ccsc1C(=O)O. The number of carbonyl (C=O) groups is 1. The van der Waals surface area contributed by atoms with Crippen molar-refractivity contribution < 1.29 is 18.3 Å². The van der Waals surface area contributed by atoms with E-state index in [1.54, 1.807) is 0 Å². The Hall–Kier alpha value is -0.700. The molecule has 0 aliphatic rings. The number of carboxylic acids is 1. The van der Waals surface area contributed by atoms with Crippen molar-refractivity contribution in [1.82, 2.24) is 4.72 Å². The van der Waals surface area contributed by atoms with Gasteiger partial charge in [-0.3, -0.25) is 0 Å². The van der Waals surface area contributed by atoms with Crippen molar-refractivity contribution in [3.05, 3.63) is 27.4 Å². The summed E-state index contributed by atoms with van der Waals surface area (Å²) in [6.45, 7) is 3.48. The average Bonchev–Trinajstić information content (AvgIpc) is 2.63. The minimum Gasteiger partial charge on any atom is -0.477 e. The lowest BCUT2D eigenvalue weighted by molar-refractivity contribution is 0.0698. The van der Waals surface area contributed by atoms with E-state index >= 15 is 0 Å². The molecule has 0 unspecified atom stereocenters. The molecule has 0 fully saturated rings. The first kappa shape index (κ1) is 13.4. The summed E-state index contributed by atoms with van der Waals surface area (Å²) in [4.78, 5) is 10.3. The second-order valence-corrected chi connectivity index (χ2v) is 6.53. The third kappa shape index (κ3) is 3.14. The summed E-state index contributed by atoms with van der Waals surface area (Å²) in [5.41, 5.74) is 0. The summed E-state index contributed by atoms with van der Waals surface area (Å²) in [7, 11) is -3.80. The molecular formula is C8H8BrNO4S2. The Kier molecular flexibility index (Phi) is 4.25. The third-order valence-electron chi connectivity index (χ3n) is 1.57. The molecule has 0 amide bonds. The molecule has 1 heterocycles. The Balaban J connectivity index is 3.03. The molecule has 88 valence electrons. The number of hydrogen-bond acceptors (Lipinski definition) is 4. The predicted molar refractivity (Wildman–Crippen MR) is 64.5 cm³/mol. The number of hydrogen-bond donors (Lipinski definition) is 2. The van der Waals surface area contributed by atoms with E-state index in [0.717, 1.165) is 11.3 Å². The standard InChI is InChI=1S/C8H8BrNO4S2/c1-5(9)4-10-16(13,14)6-2-3-15-7(6)8(11)12/h2-3,10H,1,4H2,(H,11,12). The van der Waals surface area contributed by atoms with Gasteiger partial charge in [-0.05, 0) is 11.4 Å². The molecule has 5 nitrogen and oxygen atoms in total. The highest BCUT2D eigenvalue weighted by Gasteiger charge is 2.23. The molecule has 1 aromatic heterocycles. The van der Waals surface area contributed by atoms with Gasteiger partial charge in [0.2, 0.25) is 10.0 Å². The van der Waals surface area contributed by atoms with Gasteiger partial charge in [0.1, 0.15) is 9.77 Å². The highest BCUT2D eigenvalue weighted by molar-refractivity contribution is 9.11. The van der Waals surface area contributed by atoms with Crippen molar-refractivity contribution in [2.24, 2.45) is 0 Å². The number of nitrogens with one attached hydrogen (secondary N) is 1. The van der Waals surface area contributed by atoms with Gasteiger partial charge >= 0.3 is 5.97 Å². The van der Waals surface area contributed by atoms with Crippen LogP contribution in [0, 0.1) is 0 Å². The number of aromatic carboxylic acids is 1. The molecule has 0 radical (unpaired) electrons. The minimum absolute atomic E-state index is 0.0111. The maximum atomic E-state index is 11.7. The highest BCUT2D eigenvalue weighted by atomic mass is 79.9. The van der Waals surface area contributed by atoms with Gasteiger partial charge in [0.05, 0.1) is 0 Å². The molecule has 0 atom stereocenters. The van der Waals surface area contributed by atoms with E-state index in [9.17, 15) is 13.2 Å². The van der Waals surface area contributed by atoms with Crippen molar-refractivity contribution in [2.75, 3.05) is 6.54 Å². The third-order valence-corrected chi connectivity index (χ3v) is 4.32. The molecule has 0 saturated heterocycles. The molecule has 0 aliphatic heterocycles. The molecule has 2 N–H and O–H groups in total.